The van der Waals surface area contributed by atoms with Gasteiger partial charge in [-0.25, -0.2) is 0 Å². The second-order valence-electron chi connectivity index (χ2n) is 7.74. The molecule has 1 heterocycles. The predicted octanol–water partition coefficient (Wildman–Crippen LogP) is 3.95. The Labute approximate surface area is 118 Å². The fraction of sp³-hybridized carbons (Fsp3) is 0.938. The van der Waals surface area contributed by atoms with E-state index in [1.54, 1.807) is 0 Å². The highest BCUT2D eigenvalue weighted by atomic mass is 16.6. The number of ether oxygens (including phenoxy) is 2. The van der Waals surface area contributed by atoms with E-state index in [0.717, 1.165) is 25.9 Å². The maximum absolute atomic E-state index is 12.0. The van der Waals surface area contributed by atoms with Gasteiger partial charge < -0.3 is 9.47 Å². The Balaban J connectivity index is 2.41. The van der Waals surface area contributed by atoms with E-state index in [4.69, 9.17) is 9.47 Å². The topological polar surface area (TPSA) is 38.8 Å². The average molecular weight is 270 g/mol. The Morgan fingerprint density at radius 2 is 1.84 bits per heavy atom. The van der Waals surface area contributed by atoms with E-state index in [1.165, 1.54) is 0 Å². The molecule has 3 nitrogen and oxygen atoms in total. The fourth-order valence-corrected chi connectivity index (χ4v) is 2.25. The fourth-order valence-electron chi connectivity index (χ4n) is 2.25. The van der Waals surface area contributed by atoms with Crippen molar-refractivity contribution >= 4 is 5.97 Å². The summed E-state index contributed by atoms with van der Waals surface area (Å²) in [4.78, 5) is 12.0. The lowest BCUT2D eigenvalue weighted by atomic mass is 9.76. The van der Waals surface area contributed by atoms with E-state index in [-0.39, 0.29) is 17.0 Å². The van der Waals surface area contributed by atoms with Gasteiger partial charge in [-0.15, -0.1) is 0 Å². The zero-order chi connectivity index (χ0) is 14.7. The first-order chi connectivity index (χ1) is 8.58. The molecule has 0 N–H and O–H groups in total. The number of rotatable bonds is 6. The second kappa shape index (κ2) is 6.25. The Bertz CT molecular complexity index is 292. The standard InChI is InChI=1S/C16H30O3/c1-15(2,3)12(8-7-9-13-11-18-13)10-14(17)19-16(4,5)6/h12-13H,7-11H2,1-6H3. The normalized spacial score (nSPS) is 21.1. The van der Waals surface area contributed by atoms with Gasteiger partial charge in [0.1, 0.15) is 5.60 Å². The molecule has 1 aliphatic heterocycles. The maximum atomic E-state index is 12.0. The van der Waals surface area contributed by atoms with Gasteiger partial charge in [0.05, 0.1) is 12.7 Å². The van der Waals surface area contributed by atoms with Crippen molar-refractivity contribution < 1.29 is 14.3 Å². The SMILES string of the molecule is CC(C)(C)OC(=O)CC(CCCC1CO1)C(C)(C)C. The van der Waals surface area contributed by atoms with E-state index < -0.39 is 0 Å². The third kappa shape index (κ3) is 7.56. The van der Waals surface area contributed by atoms with Gasteiger partial charge in [-0.2, -0.15) is 0 Å². The predicted molar refractivity (Wildman–Crippen MR) is 77.0 cm³/mol. The van der Waals surface area contributed by atoms with Crippen LogP contribution in [-0.4, -0.2) is 24.3 Å². The van der Waals surface area contributed by atoms with Crippen LogP contribution in [0.1, 0.15) is 67.2 Å². The Hall–Kier alpha value is -0.570. The zero-order valence-corrected chi connectivity index (χ0v) is 13.4. The van der Waals surface area contributed by atoms with E-state index in [2.05, 4.69) is 20.8 Å². The van der Waals surface area contributed by atoms with Crippen LogP contribution in [-0.2, 0) is 14.3 Å². The average Bonchev–Trinajstić information content (AvgIpc) is 2.95. The molecule has 1 aliphatic rings. The Morgan fingerprint density at radius 1 is 1.26 bits per heavy atom. The molecule has 3 heteroatoms. The van der Waals surface area contributed by atoms with Crippen LogP contribution >= 0.6 is 0 Å². The first-order valence-corrected chi connectivity index (χ1v) is 7.41. The molecule has 2 unspecified atom stereocenters. The Kier molecular flexibility index (Phi) is 5.43. The monoisotopic (exact) mass is 270 g/mol. The van der Waals surface area contributed by atoms with Crippen LogP contribution < -0.4 is 0 Å². The summed E-state index contributed by atoms with van der Waals surface area (Å²) >= 11 is 0. The van der Waals surface area contributed by atoms with Crippen molar-refractivity contribution in [1.29, 1.82) is 0 Å². The summed E-state index contributed by atoms with van der Waals surface area (Å²) in [5.74, 6) is 0.302. The molecule has 112 valence electrons. The van der Waals surface area contributed by atoms with Gasteiger partial charge in [-0.3, -0.25) is 4.79 Å². The quantitative estimate of drug-likeness (QED) is 0.542. The number of esters is 1. The van der Waals surface area contributed by atoms with Crippen LogP contribution in [0.2, 0.25) is 0 Å². The molecule has 0 bridgehead atoms. The Morgan fingerprint density at radius 3 is 2.26 bits per heavy atom. The van der Waals surface area contributed by atoms with Crippen LogP contribution in [0.15, 0.2) is 0 Å². The van der Waals surface area contributed by atoms with E-state index >= 15 is 0 Å². The van der Waals surface area contributed by atoms with Gasteiger partial charge in [0, 0.05) is 6.42 Å². The largest absolute Gasteiger partial charge is 0.460 e. The minimum Gasteiger partial charge on any atom is -0.460 e. The summed E-state index contributed by atoms with van der Waals surface area (Å²) in [5.41, 5.74) is -0.247. The molecule has 0 aromatic rings. The van der Waals surface area contributed by atoms with Gasteiger partial charge >= 0.3 is 5.97 Å². The van der Waals surface area contributed by atoms with Crippen molar-refractivity contribution in [3.8, 4) is 0 Å². The molecule has 0 saturated carbocycles. The van der Waals surface area contributed by atoms with Crippen molar-refractivity contribution in [2.45, 2.75) is 78.9 Å². The van der Waals surface area contributed by atoms with Crippen LogP contribution in [0.3, 0.4) is 0 Å². The van der Waals surface area contributed by atoms with E-state index in [1.807, 2.05) is 20.8 Å². The van der Waals surface area contributed by atoms with Crippen LogP contribution in [0.5, 0.6) is 0 Å². The first kappa shape index (κ1) is 16.5. The van der Waals surface area contributed by atoms with Crippen molar-refractivity contribution in [3.05, 3.63) is 0 Å². The summed E-state index contributed by atoms with van der Waals surface area (Å²) < 4.78 is 10.7. The van der Waals surface area contributed by atoms with Gasteiger partial charge in [0.2, 0.25) is 0 Å². The third-order valence-corrected chi connectivity index (χ3v) is 3.54. The van der Waals surface area contributed by atoms with Gasteiger partial charge in [0.25, 0.3) is 0 Å². The molecule has 0 aliphatic carbocycles. The molecule has 1 saturated heterocycles. The van der Waals surface area contributed by atoms with Crippen molar-refractivity contribution in [2.75, 3.05) is 6.61 Å². The molecular weight excluding hydrogens is 240 g/mol. The van der Waals surface area contributed by atoms with Crippen molar-refractivity contribution in [2.24, 2.45) is 11.3 Å². The summed E-state index contributed by atoms with van der Waals surface area (Å²) in [7, 11) is 0. The molecule has 0 spiro atoms. The molecule has 0 aromatic heterocycles. The number of hydrogen-bond donors (Lipinski definition) is 0. The lowest BCUT2D eigenvalue weighted by Crippen LogP contribution is -2.29. The maximum Gasteiger partial charge on any atom is 0.306 e. The van der Waals surface area contributed by atoms with Crippen LogP contribution in [0.4, 0.5) is 0 Å². The van der Waals surface area contributed by atoms with Crippen LogP contribution in [0.25, 0.3) is 0 Å². The molecule has 0 radical (unpaired) electrons. The summed E-state index contributed by atoms with van der Waals surface area (Å²) in [6.07, 6.45) is 4.34. The molecular formula is C16H30O3. The zero-order valence-electron chi connectivity index (χ0n) is 13.4. The molecule has 0 amide bonds. The number of carbonyl (C=O) groups excluding carboxylic acids is 1. The van der Waals surface area contributed by atoms with Gasteiger partial charge in [0.15, 0.2) is 0 Å². The smallest absolute Gasteiger partial charge is 0.306 e. The third-order valence-electron chi connectivity index (χ3n) is 3.54. The minimum atomic E-state index is -0.388. The highest BCUT2D eigenvalue weighted by Gasteiger charge is 2.30. The molecule has 19 heavy (non-hydrogen) atoms. The molecule has 0 aromatic carbocycles. The van der Waals surface area contributed by atoms with Gasteiger partial charge in [-0.05, 0) is 44.9 Å². The van der Waals surface area contributed by atoms with Crippen molar-refractivity contribution in [3.63, 3.8) is 0 Å². The number of carbonyl (C=O) groups is 1. The highest BCUT2D eigenvalue weighted by Crippen LogP contribution is 2.34. The number of hydrogen-bond acceptors (Lipinski definition) is 3. The minimum absolute atomic E-state index is 0.0740. The summed E-state index contributed by atoms with van der Waals surface area (Å²) in [5, 5.41) is 0. The molecule has 1 rings (SSSR count). The molecule has 2 atom stereocenters. The van der Waals surface area contributed by atoms with E-state index in [9.17, 15) is 4.79 Å². The lowest BCUT2D eigenvalue weighted by Gasteiger charge is -2.31. The van der Waals surface area contributed by atoms with E-state index in [0.29, 0.717) is 18.4 Å². The second-order valence-corrected chi connectivity index (χ2v) is 7.74. The first-order valence-electron chi connectivity index (χ1n) is 7.41. The lowest BCUT2D eigenvalue weighted by molar-refractivity contribution is -0.157. The van der Waals surface area contributed by atoms with Crippen molar-refractivity contribution in [1.82, 2.24) is 0 Å². The van der Waals surface area contributed by atoms with Gasteiger partial charge in [-0.1, -0.05) is 27.2 Å². The highest BCUT2D eigenvalue weighted by molar-refractivity contribution is 5.70. The summed E-state index contributed by atoms with van der Waals surface area (Å²) in [6.45, 7) is 13.3. The molecule has 1 fully saturated rings. The van der Waals surface area contributed by atoms with Crippen LogP contribution in [0, 0.1) is 11.3 Å². The number of epoxide rings is 1. The summed E-state index contributed by atoms with van der Waals surface area (Å²) in [6, 6.07) is 0.